The van der Waals surface area contributed by atoms with E-state index in [-0.39, 0.29) is 5.91 Å². The van der Waals surface area contributed by atoms with Gasteiger partial charge >= 0.3 is 0 Å². The van der Waals surface area contributed by atoms with Gasteiger partial charge in [-0.25, -0.2) is 4.52 Å². The lowest BCUT2D eigenvalue weighted by molar-refractivity contribution is -0.111. The van der Waals surface area contributed by atoms with Crippen LogP contribution in [0.5, 0.6) is 0 Å². The van der Waals surface area contributed by atoms with Crippen LogP contribution in [0.3, 0.4) is 0 Å². The second kappa shape index (κ2) is 8.43. The van der Waals surface area contributed by atoms with Crippen molar-refractivity contribution < 1.29 is 4.79 Å². The van der Waals surface area contributed by atoms with Crippen LogP contribution in [0.4, 0.5) is 5.69 Å². The van der Waals surface area contributed by atoms with Gasteiger partial charge in [0.1, 0.15) is 6.07 Å². The zero-order valence-electron chi connectivity index (χ0n) is 17.3. The first-order valence-corrected chi connectivity index (χ1v) is 9.94. The van der Waals surface area contributed by atoms with Crippen molar-refractivity contribution in [2.75, 3.05) is 5.32 Å². The molecule has 0 saturated heterocycles. The van der Waals surface area contributed by atoms with Gasteiger partial charge in [-0.1, -0.05) is 30.0 Å². The van der Waals surface area contributed by atoms with E-state index in [1.807, 2.05) is 25.5 Å². The number of anilines is 1. The van der Waals surface area contributed by atoms with Crippen molar-refractivity contribution in [2.45, 2.75) is 6.92 Å². The number of rotatable bonds is 3. The van der Waals surface area contributed by atoms with E-state index in [0.29, 0.717) is 38.5 Å². The summed E-state index contributed by atoms with van der Waals surface area (Å²) in [5, 5.41) is 21.2. The van der Waals surface area contributed by atoms with Crippen LogP contribution in [0, 0.1) is 30.1 Å². The molecule has 8 heteroatoms. The van der Waals surface area contributed by atoms with Crippen LogP contribution in [0.15, 0.2) is 55.6 Å². The SMILES string of the molecule is C=CC(=O)Nc1ccc(C#Cc2cc(-c3cnn(C)c3)cn3ncc(C#N)c23)c(Cl)c1C. The summed E-state index contributed by atoms with van der Waals surface area (Å²) in [5.74, 6) is 5.92. The first-order valence-electron chi connectivity index (χ1n) is 9.56. The third-order valence-electron chi connectivity index (χ3n) is 4.93. The number of nitrogens with zero attached hydrogens (tertiary/aromatic N) is 5. The van der Waals surface area contributed by atoms with Crippen LogP contribution in [-0.4, -0.2) is 25.3 Å². The molecule has 0 saturated carbocycles. The van der Waals surface area contributed by atoms with E-state index in [0.717, 1.165) is 11.1 Å². The summed E-state index contributed by atoms with van der Waals surface area (Å²) in [4.78, 5) is 11.6. The van der Waals surface area contributed by atoms with Crippen LogP contribution in [0.1, 0.15) is 22.3 Å². The Labute approximate surface area is 189 Å². The van der Waals surface area contributed by atoms with Crippen LogP contribution in [-0.2, 0) is 11.8 Å². The maximum absolute atomic E-state index is 11.6. The van der Waals surface area contributed by atoms with Crippen LogP contribution in [0.25, 0.3) is 16.6 Å². The van der Waals surface area contributed by atoms with Gasteiger partial charge in [-0.05, 0) is 36.8 Å². The highest BCUT2D eigenvalue weighted by atomic mass is 35.5. The molecule has 1 N–H and O–H groups in total. The van der Waals surface area contributed by atoms with Crippen molar-refractivity contribution in [1.82, 2.24) is 19.4 Å². The van der Waals surface area contributed by atoms with Gasteiger partial charge < -0.3 is 5.32 Å². The van der Waals surface area contributed by atoms with Crippen molar-refractivity contribution in [1.29, 1.82) is 5.26 Å². The Kier molecular flexibility index (Phi) is 5.51. The molecule has 4 rings (SSSR count). The van der Waals surface area contributed by atoms with Gasteiger partial charge in [-0.15, -0.1) is 0 Å². The Balaban J connectivity index is 1.82. The molecule has 1 amide bonds. The number of hydrogen-bond acceptors (Lipinski definition) is 4. The molecule has 1 aromatic carbocycles. The molecule has 0 atom stereocenters. The molecule has 0 aliphatic rings. The predicted molar refractivity (Wildman–Crippen MR) is 123 cm³/mol. The smallest absolute Gasteiger partial charge is 0.247 e. The number of hydrogen-bond donors (Lipinski definition) is 1. The summed E-state index contributed by atoms with van der Waals surface area (Å²) < 4.78 is 3.36. The van der Waals surface area contributed by atoms with E-state index in [2.05, 4.69) is 40.0 Å². The number of halogens is 1. The molecular formula is C24H17ClN6O. The molecule has 0 aliphatic heterocycles. The first-order chi connectivity index (χ1) is 15.4. The molecule has 3 heterocycles. The second-order valence-corrected chi connectivity index (χ2v) is 7.43. The van der Waals surface area contributed by atoms with Crippen molar-refractivity contribution in [3.05, 3.63) is 82.9 Å². The quantitative estimate of drug-likeness (QED) is 0.384. The molecule has 0 aliphatic carbocycles. The van der Waals surface area contributed by atoms with Crippen molar-refractivity contribution in [2.24, 2.45) is 7.05 Å². The van der Waals surface area contributed by atoms with Crippen molar-refractivity contribution in [3.8, 4) is 29.0 Å². The number of aryl methyl sites for hydroxylation is 1. The van der Waals surface area contributed by atoms with Gasteiger partial charge in [-0.3, -0.25) is 9.48 Å². The highest BCUT2D eigenvalue weighted by molar-refractivity contribution is 6.33. The van der Waals surface area contributed by atoms with E-state index >= 15 is 0 Å². The summed E-state index contributed by atoms with van der Waals surface area (Å²) in [6.07, 6.45) is 8.20. The lowest BCUT2D eigenvalue weighted by Crippen LogP contribution is -2.08. The van der Waals surface area contributed by atoms with E-state index in [4.69, 9.17) is 11.6 Å². The van der Waals surface area contributed by atoms with Gasteiger partial charge in [0.2, 0.25) is 5.91 Å². The fourth-order valence-electron chi connectivity index (χ4n) is 3.26. The summed E-state index contributed by atoms with van der Waals surface area (Å²) in [5.41, 5.74) is 5.35. The summed E-state index contributed by atoms with van der Waals surface area (Å²) in [6, 6.07) is 7.55. The standard InChI is InChI=1S/C24H17ClN6O/c1-4-22(32)29-21-8-7-16(23(25)15(21)2)5-6-17-9-18(20-12-27-30(3)13-20)14-31-24(17)19(10-26)11-28-31/h4,7-9,11-14H,1H2,2-3H3,(H,29,32). The van der Waals surface area contributed by atoms with Crippen LogP contribution >= 0.6 is 11.6 Å². The average Bonchev–Trinajstić information content (AvgIpc) is 3.42. The molecule has 3 aromatic heterocycles. The van der Waals surface area contributed by atoms with Gasteiger partial charge in [-0.2, -0.15) is 15.5 Å². The van der Waals surface area contributed by atoms with Gasteiger partial charge in [0, 0.05) is 41.8 Å². The molecule has 0 fully saturated rings. The van der Waals surface area contributed by atoms with Crippen molar-refractivity contribution >= 4 is 28.7 Å². The Morgan fingerprint density at radius 3 is 2.62 bits per heavy atom. The normalized spacial score (nSPS) is 10.3. The summed E-state index contributed by atoms with van der Waals surface area (Å²) in [6.45, 7) is 5.26. The summed E-state index contributed by atoms with van der Waals surface area (Å²) in [7, 11) is 1.84. The largest absolute Gasteiger partial charge is 0.322 e. The molecular weight excluding hydrogens is 424 g/mol. The minimum atomic E-state index is -0.317. The topological polar surface area (TPSA) is 88.0 Å². The van der Waals surface area contributed by atoms with E-state index in [9.17, 15) is 10.1 Å². The minimum Gasteiger partial charge on any atom is -0.322 e. The molecule has 156 valence electrons. The lowest BCUT2D eigenvalue weighted by atomic mass is 10.1. The fourth-order valence-corrected chi connectivity index (χ4v) is 3.47. The van der Waals surface area contributed by atoms with Gasteiger partial charge in [0.15, 0.2) is 0 Å². The number of aromatic nitrogens is 4. The van der Waals surface area contributed by atoms with Gasteiger partial charge in [0.05, 0.1) is 34.1 Å². The zero-order chi connectivity index (χ0) is 22.8. The van der Waals surface area contributed by atoms with E-state index in [1.165, 1.54) is 12.3 Å². The Hall–Kier alpha value is -4.33. The van der Waals surface area contributed by atoms with Gasteiger partial charge in [0.25, 0.3) is 0 Å². The first kappa shape index (κ1) is 20.9. The maximum Gasteiger partial charge on any atom is 0.247 e. The highest BCUT2D eigenvalue weighted by Crippen LogP contribution is 2.28. The number of carbonyl (C=O) groups excluding carboxylic acids is 1. The maximum atomic E-state index is 11.6. The average molecular weight is 441 g/mol. The molecule has 32 heavy (non-hydrogen) atoms. The fraction of sp³-hybridized carbons (Fsp3) is 0.0833. The third kappa shape index (κ3) is 3.85. The number of carbonyl (C=O) groups is 1. The third-order valence-corrected chi connectivity index (χ3v) is 5.42. The minimum absolute atomic E-state index is 0.317. The molecule has 0 bridgehead atoms. The number of nitrogens with one attached hydrogen (secondary N) is 1. The highest BCUT2D eigenvalue weighted by Gasteiger charge is 2.12. The zero-order valence-corrected chi connectivity index (χ0v) is 18.1. The lowest BCUT2D eigenvalue weighted by Gasteiger charge is -2.09. The number of fused-ring (bicyclic) bond motifs is 1. The van der Waals surface area contributed by atoms with Crippen molar-refractivity contribution in [3.63, 3.8) is 0 Å². The van der Waals surface area contributed by atoms with E-state index < -0.39 is 0 Å². The number of amides is 1. The second-order valence-electron chi connectivity index (χ2n) is 7.05. The predicted octanol–water partition coefficient (Wildman–Crippen LogP) is 4.09. The Bertz CT molecular complexity index is 1490. The Morgan fingerprint density at radius 1 is 1.16 bits per heavy atom. The monoisotopic (exact) mass is 440 g/mol. The van der Waals surface area contributed by atoms with Crippen LogP contribution < -0.4 is 5.32 Å². The number of nitriles is 1. The number of benzene rings is 1. The molecule has 0 spiro atoms. The molecule has 4 aromatic rings. The molecule has 0 unspecified atom stereocenters. The molecule has 7 nitrogen and oxygen atoms in total. The molecule has 0 radical (unpaired) electrons. The summed E-state index contributed by atoms with van der Waals surface area (Å²) >= 11 is 6.52. The Morgan fingerprint density at radius 2 is 1.94 bits per heavy atom. The number of pyridine rings is 1. The van der Waals surface area contributed by atoms with Crippen LogP contribution in [0.2, 0.25) is 5.02 Å². The van der Waals surface area contributed by atoms with E-state index in [1.54, 1.807) is 34.5 Å².